The van der Waals surface area contributed by atoms with Crippen LogP contribution in [0.5, 0.6) is 0 Å². The Morgan fingerprint density at radius 1 is 0.938 bits per heavy atom. The van der Waals surface area contributed by atoms with Crippen LogP contribution in [-0.2, 0) is 20.8 Å². The van der Waals surface area contributed by atoms with Gasteiger partial charge in [-0.1, -0.05) is 42.5 Å². The van der Waals surface area contributed by atoms with Crippen molar-refractivity contribution in [3.8, 4) is 0 Å². The first-order chi connectivity index (χ1) is 15.5. The highest BCUT2D eigenvalue weighted by Gasteiger charge is 2.67. The molecule has 32 heavy (non-hydrogen) atoms. The lowest BCUT2D eigenvalue weighted by Crippen LogP contribution is -2.49. The van der Waals surface area contributed by atoms with Gasteiger partial charge < -0.3 is 5.32 Å². The Kier molecular flexibility index (Phi) is 4.32. The maximum absolute atomic E-state index is 13.6. The summed E-state index contributed by atoms with van der Waals surface area (Å²) >= 11 is 0. The number of allylic oxidation sites excluding steroid dienone is 2. The Morgan fingerprint density at radius 3 is 2.12 bits per heavy atom. The molecule has 7 unspecified atom stereocenters. The summed E-state index contributed by atoms with van der Waals surface area (Å²) in [6.07, 6.45) is 5.58. The van der Waals surface area contributed by atoms with Gasteiger partial charge >= 0.3 is 0 Å². The van der Waals surface area contributed by atoms with Crippen LogP contribution in [0.2, 0.25) is 0 Å². The van der Waals surface area contributed by atoms with Gasteiger partial charge in [0.2, 0.25) is 17.7 Å². The Bertz CT molecular complexity index is 1090. The number of nitrogens with one attached hydrogen (secondary N) is 1. The van der Waals surface area contributed by atoms with E-state index < -0.39 is 17.8 Å². The molecule has 2 bridgehead atoms. The number of hydrogen-bond acceptors (Lipinski definition) is 3. The number of anilines is 1. The van der Waals surface area contributed by atoms with Gasteiger partial charge in [0.1, 0.15) is 11.9 Å². The smallest absolute Gasteiger partial charge is 0.248 e. The number of amides is 3. The molecule has 0 radical (unpaired) electrons. The Labute approximate surface area is 185 Å². The van der Waals surface area contributed by atoms with E-state index in [1.54, 1.807) is 0 Å². The molecule has 7 rings (SSSR count). The van der Waals surface area contributed by atoms with Crippen LogP contribution in [0.3, 0.4) is 0 Å². The molecular formula is C26H23FN2O3. The summed E-state index contributed by atoms with van der Waals surface area (Å²) in [5.74, 6) is -0.767. The summed E-state index contributed by atoms with van der Waals surface area (Å²) in [4.78, 5) is 41.8. The summed E-state index contributed by atoms with van der Waals surface area (Å²) in [5, 5.41) is 2.78. The third-order valence-electron chi connectivity index (χ3n) is 7.69. The van der Waals surface area contributed by atoms with Gasteiger partial charge in [0.05, 0.1) is 11.8 Å². The second kappa shape index (κ2) is 7.12. The first kappa shape index (κ1) is 19.4. The lowest BCUT2D eigenvalue weighted by molar-refractivity contribution is -0.146. The van der Waals surface area contributed by atoms with E-state index in [2.05, 4.69) is 17.5 Å². The summed E-state index contributed by atoms with van der Waals surface area (Å²) in [6.45, 7) is 0. The molecule has 3 amide bonds. The molecule has 2 saturated carbocycles. The lowest BCUT2D eigenvalue weighted by Gasteiger charge is -2.37. The zero-order valence-electron chi connectivity index (χ0n) is 17.4. The molecule has 4 aliphatic carbocycles. The van der Waals surface area contributed by atoms with Gasteiger partial charge in [0.25, 0.3) is 0 Å². The molecule has 5 nitrogen and oxygen atoms in total. The fraction of sp³-hybridized carbons (Fsp3) is 0.346. The van der Waals surface area contributed by atoms with Crippen molar-refractivity contribution < 1.29 is 18.8 Å². The number of hydrogen-bond donors (Lipinski definition) is 1. The molecular weight excluding hydrogens is 407 g/mol. The molecule has 1 aliphatic heterocycles. The number of carbonyl (C=O) groups excluding carboxylic acids is 3. The fourth-order valence-electron chi connectivity index (χ4n) is 6.18. The Balaban J connectivity index is 1.33. The maximum Gasteiger partial charge on any atom is 0.248 e. The molecule has 0 spiro atoms. The van der Waals surface area contributed by atoms with Crippen LogP contribution in [0.25, 0.3) is 0 Å². The van der Waals surface area contributed by atoms with E-state index in [0.717, 1.165) is 12.0 Å². The largest absolute Gasteiger partial charge is 0.324 e. The minimum atomic E-state index is -0.955. The fourth-order valence-corrected chi connectivity index (χ4v) is 6.18. The summed E-state index contributed by atoms with van der Waals surface area (Å²) in [7, 11) is 0. The molecule has 1 saturated heterocycles. The van der Waals surface area contributed by atoms with E-state index in [9.17, 15) is 18.8 Å². The van der Waals surface area contributed by atoms with Gasteiger partial charge in [-0.15, -0.1) is 0 Å². The number of imide groups is 1. The van der Waals surface area contributed by atoms with Gasteiger partial charge in [-0.3, -0.25) is 19.3 Å². The van der Waals surface area contributed by atoms with Crippen molar-refractivity contribution in [2.45, 2.75) is 18.9 Å². The standard InChI is InChI=1S/C26H23FN2O3/c27-15-6-8-16(9-7-15)28-24(30)21(12-14-4-2-1-3-5-14)29-25(31)22-17-10-11-18(20-13-19(17)20)23(22)26(29)32/h1-11,17-23H,12-13H2,(H,28,30). The monoisotopic (exact) mass is 430 g/mol. The topological polar surface area (TPSA) is 66.5 Å². The number of halogens is 1. The van der Waals surface area contributed by atoms with E-state index in [0.29, 0.717) is 17.5 Å². The van der Waals surface area contributed by atoms with Crippen molar-refractivity contribution in [1.29, 1.82) is 0 Å². The Morgan fingerprint density at radius 2 is 1.53 bits per heavy atom. The normalized spacial score (nSPS) is 32.5. The second-order valence-electron chi connectivity index (χ2n) is 9.40. The minimum absolute atomic E-state index is 0.106. The molecule has 1 heterocycles. The van der Waals surface area contributed by atoms with E-state index in [-0.39, 0.29) is 41.9 Å². The molecule has 2 aromatic carbocycles. The summed E-state index contributed by atoms with van der Waals surface area (Å²) in [6, 6.07) is 13.9. The van der Waals surface area contributed by atoms with Crippen molar-refractivity contribution in [2.75, 3.05) is 5.32 Å². The number of rotatable bonds is 5. The third kappa shape index (κ3) is 2.93. The minimum Gasteiger partial charge on any atom is -0.324 e. The lowest BCUT2D eigenvalue weighted by atomic mass is 9.63. The maximum atomic E-state index is 13.6. The van der Waals surface area contributed by atoms with Crippen LogP contribution in [0.1, 0.15) is 12.0 Å². The van der Waals surface area contributed by atoms with Crippen LogP contribution >= 0.6 is 0 Å². The van der Waals surface area contributed by atoms with Crippen molar-refractivity contribution in [1.82, 2.24) is 4.90 Å². The molecule has 2 aromatic rings. The van der Waals surface area contributed by atoms with Gasteiger partial charge in [-0.25, -0.2) is 4.39 Å². The first-order valence-electron chi connectivity index (χ1n) is 11.2. The van der Waals surface area contributed by atoms with Crippen LogP contribution in [0.4, 0.5) is 10.1 Å². The zero-order chi connectivity index (χ0) is 22.0. The third-order valence-corrected chi connectivity index (χ3v) is 7.69. The van der Waals surface area contributed by atoms with Gasteiger partial charge in [-0.2, -0.15) is 0 Å². The van der Waals surface area contributed by atoms with E-state index >= 15 is 0 Å². The van der Waals surface area contributed by atoms with Crippen molar-refractivity contribution in [3.05, 3.63) is 78.1 Å². The summed E-state index contributed by atoms with van der Waals surface area (Å²) < 4.78 is 13.3. The van der Waals surface area contributed by atoms with Gasteiger partial charge in [0, 0.05) is 12.1 Å². The second-order valence-corrected chi connectivity index (χ2v) is 9.40. The number of likely N-dealkylation sites (tertiary alicyclic amines) is 1. The SMILES string of the molecule is O=C(Nc1ccc(F)cc1)C(Cc1ccccc1)N1C(=O)C2C3C=CC(C4CC34)C2C1=O. The van der Waals surface area contributed by atoms with Crippen LogP contribution < -0.4 is 5.32 Å². The summed E-state index contributed by atoms with van der Waals surface area (Å²) in [5.41, 5.74) is 1.29. The predicted molar refractivity (Wildman–Crippen MR) is 116 cm³/mol. The van der Waals surface area contributed by atoms with Crippen molar-refractivity contribution in [3.63, 3.8) is 0 Å². The molecule has 1 N–H and O–H groups in total. The first-order valence-corrected chi connectivity index (χ1v) is 11.2. The van der Waals surface area contributed by atoms with Crippen molar-refractivity contribution in [2.24, 2.45) is 35.5 Å². The molecule has 5 aliphatic rings. The molecule has 0 aromatic heterocycles. The van der Waals surface area contributed by atoms with Crippen molar-refractivity contribution >= 4 is 23.4 Å². The van der Waals surface area contributed by atoms with Gasteiger partial charge in [-0.05, 0) is 59.9 Å². The highest BCUT2D eigenvalue weighted by atomic mass is 19.1. The zero-order valence-corrected chi connectivity index (χ0v) is 17.4. The van der Waals surface area contributed by atoms with Crippen LogP contribution in [0, 0.1) is 41.3 Å². The number of carbonyl (C=O) groups is 3. The number of benzene rings is 2. The van der Waals surface area contributed by atoms with E-state index in [1.165, 1.54) is 29.2 Å². The highest BCUT2D eigenvalue weighted by Crippen LogP contribution is 2.65. The number of nitrogens with zero attached hydrogens (tertiary/aromatic N) is 1. The Hall–Kier alpha value is -3.28. The molecule has 7 atom stereocenters. The quantitative estimate of drug-likeness (QED) is 0.584. The van der Waals surface area contributed by atoms with E-state index in [1.807, 2.05) is 30.3 Å². The predicted octanol–water partition coefficient (Wildman–Crippen LogP) is 3.43. The van der Waals surface area contributed by atoms with Gasteiger partial charge in [0.15, 0.2) is 0 Å². The average molecular weight is 430 g/mol. The van der Waals surface area contributed by atoms with E-state index in [4.69, 9.17) is 0 Å². The molecule has 3 fully saturated rings. The highest BCUT2D eigenvalue weighted by molar-refractivity contribution is 6.10. The molecule has 162 valence electrons. The average Bonchev–Trinajstić information content (AvgIpc) is 3.58. The van der Waals surface area contributed by atoms with Crippen LogP contribution in [-0.4, -0.2) is 28.7 Å². The molecule has 6 heteroatoms. The van der Waals surface area contributed by atoms with Crippen LogP contribution in [0.15, 0.2) is 66.7 Å².